The summed E-state index contributed by atoms with van der Waals surface area (Å²) in [5.41, 5.74) is 1.82. The molecule has 2 amide bonds. The lowest BCUT2D eigenvalue weighted by Gasteiger charge is -2.19. The topological polar surface area (TPSA) is 147 Å². The first kappa shape index (κ1) is 36.5. The van der Waals surface area contributed by atoms with Gasteiger partial charge in [-0.3, -0.25) is 0 Å². The summed E-state index contributed by atoms with van der Waals surface area (Å²) in [5, 5.41) is 13.1. The van der Waals surface area contributed by atoms with Crippen LogP contribution in [0.4, 0.5) is 9.59 Å². The zero-order valence-electron chi connectivity index (χ0n) is 28.3. The minimum Gasteiger partial charge on any atom is -0.474 e. The van der Waals surface area contributed by atoms with Gasteiger partial charge in [0.25, 0.3) is 11.8 Å². The molecule has 0 spiro atoms. The highest BCUT2D eigenvalue weighted by Gasteiger charge is 2.19. The molecule has 2 aromatic carbocycles. The quantitative estimate of drug-likeness (QED) is 0.148. The van der Waals surface area contributed by atoms with Gasteiger partial charge in [-0.15, -0.1) is 0 Å². The highest BCUT2D eigenvalue weighted by Crippen LogP contribution is 2.31. The van der Waals surface area contributed by atoms with Gasteiger partial charge in [0.05, 0.1) is 18.7 Å². The van der Waals surface area contributed by atoms with E-state index in [4.69, 9.17) is 28.0 Å². The summed E-state index contributed by atoms with van der Waals surface area (Å²) in [5.74, 6) is 2.23. The normalized spacial score (nSPS) is 11.1. The van der Waals surface area contributed by atoms with E-state index in [0.29, 0.717) is 30.6 Å². The van der Waals surface area contributed by atoms with Crippen LogP contribution in [0, 0.1) is 0 Å². The van der Waals surface area contributed by atoms with Crippen LogP contribution in [-0.4, -0.2) is 60.0 Å². The second-order valence-electron chi connectivity index (χ2n) is 12.4. The Morgan fingerprint density at radius 3 is 1.79 bits per heavy atom. The second kappa shape index (κ2) is 17.6. The number of hydrogen-bond donors (Lipinski definition) is 2. The van der Waals surface area contributed by atoms with Gasteiger partial charge in [-0.05, 0) is 58.3 Å². The van der Waals surface area contributed by atoms with Gasteiger partial charge in [-0.1, -0.05) is 74.0 Å². The van der Waals surface area contributed by atoms with Crippen molar-refractivity contribution in [3.8, 4) is 34.4 Å². The molecule has 2 N–H and O–H groups in total. The van der Waals surface area contributed by atoms with Crippen molar-refractivity contribution in [3.63, 3.8) is 0 Å². The van der Waals surface area contributed by atoms with E-state index < -0.39 is 23.4 Å². The Labute approximate surface area is 276 Å². The van der Waals surface area contributed by atoms with Crippen molar-refractivity contribution in [2.45, 2.75) is 72.5 Å². The lowest BCUT2D eigenvalue weighted by Crippen LogP contribution is -2.34. The predicted molar refractivity (Wildman–Crippen MR) is 177 cm³/mol. The molecular formula is C35H46N4O8. The third-order valence-electron chi connectivity index (χ3n) is 5.86. The number of rotatable bonds is 12. The summed E-state index contributed by atoms with van der Waals surface area (Å²) in [6.07, 6.45) is 0.826. The van der Waals surface area contributed by atoms with Gasteiger partial charge >= 0.3 is 12.2 Å². The average Bonchev–Trinajstić information content (AvgIpc) is 3.65. The number of aromatic nitrogens is 2. The van der Waals surface area contributed by atoms with E-state index >= 15 is 0 Å². The minimum absolute atomic E-state index is 0.278. The average molecular weight is 651 g/mol. The highest BCUT2D eigenvalue weighted by molar-refractivity contribution is 5.68. The first-order valence-electron chi connectivity index (χ1n) is 15.6. The minimum atomic E-state index is -0.518. The van der Waals surface area contributed by atoms with E-state index in [-0.39, 0.29) is 13.2 Å². The van der Waals surface area contributed by atoms with Crippen molar-refractivity contribution < 1.29 is 37.6 Å². The number of carbonyl (C=O) groups is 2. The van der Waals surface area contributed by atoms with E-state index in [2.05, 4.69) is 27.9 Å². The van der Waals surface area contributed by atoms with Crippen molar-refractivity contribution in [3.05, 3.63) is 72.3 Å². The smallest absolute Gasteiger partial charge is 0.407 e. The predicted octanol–water partition coefficient (Wildman–Crippen LogP) is 7.44. The van der Waals surface area contributed by atoms with Gasteiger partial charge in [-0.2, -0.15) is 0 Å². The summed E-state index contributed by atoms with van der Waals surface area (Å²) in [6, 6.07) is 21.2. The summed E-state index contributed by atoms with van der Waals surface area (Å²) >= 11 is 0. The maximum Gasteiger partial charge on any atom is 0.407 e. The highest BCUT2D eigenvalue weighted by atomic mass is 16.6. The Kier molecular flexibility index (Phi) is 13.7. The van der Waals surface area contributed by atoms with Crippen LogP contribution >= 0.6 is 0 Å². The number of hydrogen-bond acceptors (Lipinski definition) is 10. The first-order valence-corrected chi connectivity index (χ1v) is 15.6. The number of nitrogens with one attached hydrogen (secondary N) is 2. The SMILES string of the molecule is CC(C)(C)OC(=O)NCCOc1cc(-c2ccccc2)on1.CCCc1c(OCCNC(=O)OC(C)(C)C)noc1-c1ccccc1. The Morgan fingerprint density at radius 2 is 1.26 bits per heavy atom. The summed E-state index contributed by atoms with van der Waals surface area (Å²) in [7, 11) is 0. The Hall–Kier alpha value is -5.00. The number of ether oxygens (including phenoxy) is 4. The molecule has 0 bridgehead atoms. The van der Waals surface area contributed by atoms with E-state index in [1.807, 2.05) is 102 Å². The monoisotopic (exact) mass is 650 g/mol. The maximum absolute atomic E-state index is 11.6. The molecule has 2 aromatic heterocycles. The zero-order valence-corrected chi connectivity index (χ0v) is 28.3. The fourth-order valence-electron chi connectivity index (χ4n) is 4.00. The largest absolute Gasteiger partial charge is 0.474 e. The third-order valence-corrected chi connectivity index (χ3v) is 5.86. The van der Waals surface area contributed by atoms with Gasteiger partial charge in [-0.25, -0.2) is 9.59 Å². The molecular weight excluding hydrogens is 604 g/mol. The fraction of sp³-hybridized carbons (Fsp3) is 0.429. The molecule has 12 heteroatoms. The fourth-order valence-corrected chi connectivity index (χ4v) is 4.00. The molecule has 4 rings (SSSR count). The summed E-state index contributed by atoms with van der Waals surface area (Å²) in [4.78, 5) is 23.0. The molecule has 47 heavy (non-hydrogen) atoms. The molecule has 0 aliphatic heterocycles. The number of alkyl carbamates (subject to hydrolysis) is 2. The number of amides is 2. The van der Waals surface area contributed by atoms with Gasteiger partial charge in [0.15, 0.2) is 11.5 Å². The summed E-state index contributed by atoms with van der Waals surface area (Å²) in [6.45, 7) is 14.2. The molecule has 0 saturated heterocycles. The molecule has 4 aromatic rings. The molecule has 12 nitrogen and oxygen atoms in total. The molecule has 0 unspecified atom stereocenters. The number of nitrogens with zero attached hydrogens (tertiary/aromatic N) is 2. The van der Waals surface area contributed by atoms with Gasteiger partial charge in [0.2, 0.25) is 0 Å². The van der Waals surface area contributed by atoms with Gasteiger partial charge in [0.1, 0.15) is 24.4 Å². The van der Waals surface area contributed by atoms with E-state index in [9.17, 15) is 9.59 Å². The zero-order chi connectivity index (χ0) is 34.3. The molecule has 254 valence electrons. The van der Waals surface area contributed by atoms with Crippen LogP contribution < -0.4 is 20.1 Å². The van der Waals surface area contributed by atoms with Crippen LogP contribution in [0.1, 0.15) is 60.5 Å². The van der Waals surface area contributed by atoms with Crippen LogP contribution in [0.15, 0.2) is 75.8 Å². The molecule has 2 heterocycles. The van der Waals surface area contributed by atoms with Crippen LogP contribution in [-0.2, 0) is 15.9 Å². The Morgan fingerprint density at radius 1 is 0.723 bits per heavy atom. The molecule has 0 saturated carbocycles. The lowest BCUT2D eigenvalue weighted by atomic mass is 10.1. The van der Waals surface area contributed by atoms with Crippen molar-refractivity contribution in [1.82, 2.24) is 20.9 Å². The number of carbonyl (C=O) groups excluding carboxylic acids is 2. The van der Waals surface area contributed by atoms with Crippen LogP contribution in [0.5, 0.6) is 11.8 Å². The third kappa shape index (κ3) is 13.5. The van der Waals surface area contributed by atoms with Crippen molar-refractivity contribution in [1.29, 1.82) is 0 Å². The number of benzene rings is 2. The van der Waals surface area contributed by atoms with Crippen molar-refractivity contribution in [2.24, 2.45) is 0 Å². The second-order valence-corrected chi connectivity index (χ2v) is 12.4. The molecule has 0 aliphatic carbocycles. The molecule has 0 radical (unpaired) electrons. The van der Waals surface area contributed by atoms with Crippen LogP contribution in [0.25, 0.3) is 22.6 Å². The van der Waals surface area contributed by atoms with Crippen molar-refractivity contribution in [2.75, 3.05) is 26.3 Å². The standard InChI is InChI=1S/C19H26N2O4.C16H20N2O4/c1-5-9-15-16(14-10-7-6-8-11-14)25-21-17(15)23-13-12-20-18(22)24-19(2,3)4;1-16(2,3)21-15(19)17-9-10-20-14-11-13(22-18-14)12-7-5-4-6-8-12/h6-8,10-11H,5,9,12-13H2,1-4H3,(H,20,22);4-8,11H,9-10H2,1-3H3,(H,17,19). The Balaban J connectivity index is 0.000000257. The van der Waals surface area contributed by atoms with E-state index in [1.54, 1.807) is 6.07 Å². The first-order chi connectivity index (χ1) is 22.3. The van der Waals surface area contributed by atoms with Gasteiger partial charge < -0.3 is 38.6 Å². The maximum atomic E-state index is 11.6. The molecule has 0 aliphatic rings. The molecule has 0 atom stereocenters. The van der Waals surface area contributed by atoms with Crippen LogP contribution in [0.3, 0.4) is 0 Å². The summed E-state index contributed by atoms with van der Waals surface area (Å²) < 4.78 is 32.1. The van der Waals surface area contributed by atoms with Crippen molar-refractivity contribution >= 4 is 12.2 Å². The lowest BCUT2D eigenvalue weighted by molar-refractivity contribution is 0.0508. The van der Waals surface area contributed by atoms with E-state index in [0.717, 1.165) is 35.3 Å². The van der Waals surface area contributed by atoms with Crippen LogP contribution in [0.2, 0.25) is 0 Å². The van der Waals surface area contributed by atoms with Gasteiger partial charge in [0, 0.05) is 17.2 Å². The molecule has 0 fully saturated rings. The van der Waals surface area contributed by atoms with E-state index in [1.165, 1.54) is 0 Å². The Bertz CT molecular complexity index is 1510.